The maximum atomic E-state index is 13.0. The van der Waals surface area contributed by atoms with Gasteiger partial charge in [-0.15, -0.1) is 0 Å². The molecule has 1 aliphatic heterocycles. The number of benzene rings is 1. The van der Waals surface area contributed by atoms with Crippen LogP contribution in [0, 0.1) is 5.82 Å². The van der Waals surface area contributed by atoms with Gasteiger partial charge in [0.15, 0.2) is 0 Å². The number of likely N-dealkylation sites (tertiary alicyclic amines) is 1. The van der Waals surface area contributed by atoms with Gasteiger partial charge in [-0.1, -0.05) is 19.1 Å². The molecule has 0 bridgehead atoms. The van der Waals surface area contributed by atoms with Crippen LogP contribution in [0.25, 0.3) is 0 Å². The highest BCUT2D eigenvalue weighted by molar-refractivity contribution is 5.16. The van der Waals surface area contributed by atoms with Crippen molar-refractivity contribution in [2.24, 2.45) is 0 Å². The Morgan fingerprint density at radius 3 is 2.57 bits per heavy atom. The third kappa shape index (κ3) is 3.13. The summed E-state index contributed by atoms with van der Waals surface area (Å²) < 4.78 is 14.9. The lowest BCUT2D eigenvalue weighted by Gasteiger charge is -2.25. The Morgan fingerprint density at radius 1 is 1.19 bits per heavy atom. The Kier molecular flexibility index (Phi) is 4.29. The molecule has 21 heavy (non-hydrogen) atoms. The molecular weight excluding hydrogens is 267 g/mol. The van der Waals surface area contributed by atoms with Crippen molar-refractivity contribution in [2.75, 3.05) is 13.1 Å². The van der Waals surface area contributed by atoms with E-state index < -0.39 is 0 Å². The maximum Gasteiger partial charge on any atom is 0.144 e. The number of aromatic nitrogens is 3. The van der Waals surface area contributed by atoms with Crippen LogP contribution >= 0.6 is 0 Å². The fraction of sp³-hybridized carbons (Fsp3) is 0.500. The van der Waals surface area contributed by atoms with E-state index >= 15 is 0 Å². The molecule has 0 spiro atoms. The Morgan fingerprint density at radius 2 is 1.90 bits per heavy atom. The number of hydrogen-bond donors (Lipinski definition) is 0. The van der Waals surface area contributed by atoms with Gasteiger partial charge in [0.1, 0.15) is 18.0 Å². The second kappa shape index (κ2) is 6.35. The first-order valence-electron chi connectivity index (χ1n) is 7.64. The zero-order chi connectivity index (χ0) is 14.7. The molecule has 1 unspecified atom stereocenters. The fourth-order valence-corrected chi connectivity index (χ4v) is 3.07. The van der Waals surface area contributed by atoms with Crippen LogP contribution < -0.4 is 0 Å². The number of hydrogen-bond acceptors (Lipinski definition) is 3. The van der Waals surface area contributed by atoms with E-state index in [9.17, 15) is 4.39 Å². The Bertz CT molecular complexity index is 572. The van der Waals surface area contributed by atoms with E-state index in [-0.39, 0.29) is 5.82 Å². The molecule has 0 saturated carbocycles. The van der Waals surface area contributed by atoms with Gasteiger partial charge >= 0.3 is 0 Å². The Labute approximate surface area is 124 Å². The molecule has 5 heteroatoms. The van der Waals surface area contributed by atoms with Crippen molar-refractivity contribution in [3.8, 4) is 0 Å². The van der Waals surface area contributed by atoms with Gasteiger partial charge in [-0.3, -0.25) is 4.90 Å². The van der Waals surface area contributed by atoms with E-state index in [0.717, 1.165) is 30.9 Å². The van der Waals surface area contributed by atoms with Crippen LogP contribution in [0.5, 0.6) is 0 Å². The lowest BCUT2D eigenvalue weighted by Crippen LogP contribution is -2.28. The summed E-state index contributed by atoms with van der Waals surface area (Å²) in [5, 5.41) is 4.36. The highest BCUT2D eigenvalue weighted by Crippen LogP contribution is 2.26. The SMILES string of the molecule is CCC(c1ncnn1Cc1ccc(F)cc1)N1CCCC1. The minimum Gasteiger partial charge on any atom is -0.293 e. The predicted octanol–water partition coefficient (Wildman–Crippen LogP) is 3.01. The van der Waals surface area contributed by atoms with Gasteiger partial charge in [0.25, 0.3) is 0 Å². The van der Waals surface area contributed by atoms with E-state index in [0.29, 0.717) is 12.6 Å². The lowest BCUT2D eigenvalue weighted by molar-refractivity contribution is 0.223. The van der Waals surface area contributed by atoms with Crippen LogP contribution in [0.2, 0.25) is 0 Å². The van der Waals surface area contributed by atoms with Gasteiger partial charge in [0, 0.05) is 0 Å². The molecule has 2 heterocycles. The first-order valence-corrected chi connectivity index (χ1v) is 7.64. The summed E-state index contributed by atoms with van der Waals surface area (Å²) >= 11 is 0. The van der Waals surface area contributed by atoms with Crippen LogP contribution in [0.4, 0.5) is 4.39 Å². The molecule has 1 atom stereocenters. The minimum absolute atomic E-state index is 0.207. The van der Waals surface area contributed by atoms with Crippen LogP contribution in [-0.4, -0.2) is 32.8 Å². The summed E-state index contributed by atoms with van der Waals surface area (Å²) in [6, 6.07) is 6.92. The van der Waals surface area contributed by atoms with E-state index in [1.165, 1.54) is 25.0 Å². The Balaban J connectivity index is 1.80. The Hall–Kier alpha value is -1.75. The molecule has 0 radical (unpaired) electrons. The first-order chi connectivity index (χ1) is 10.3. The van der Waals surface area contributed by atoms with Gasteiger partial charge in [-0.25, -0.2) is 14.1 Å². The van der Waals surface area contributed by atoms with Gasteiger partial charge in [0.2, 0.25) is 0 Å². The van der Waals surface area contributed by atoms with Crippen molar-refractivity contribution < 1.29 is 4.39 Å². The molecule has 3 rings (SSSR count). The number of rotatable bonds is 5. The maximum absolute atomic E-state index is 13.0. The standard InChI is InChI=1S/C16H21FN4/c1-2-15(20-9-3-4-10-20)16-18-12-19-21(16)11-13-5-7-14(17)8-6-13/h5-8,12,15H,2-4,9-11H2,1H3. The molecule has 0 aliphatic carbocycles. The average Bonchev–Trinajstić information content (AvgIpc) is 3.15. The predicted molar refractivity (Wildman–Crippen MR) is 79.4 cm³/mol. The normalized spacial score (nSPS) is 17.2. The molecule has 4 nitrogen and oxygen atoms in total. The van der Waals surface area contributed by atoms with Gasteiger partial charge < -0.3 is 0 Å². The average molecular weight is 288 g/mol. The van der Waals surface area contributed by atoms with Crippen LogP contribution in [0.3, 0.4) is 0 Å². The van der Waals surface area contributed by atoms with Crippen LogP contribution in [-0.2, 0) is 6.54 Å². The molecule has 1 aromatic carbocycles. The van der Waals surface area contributed by atoms with Crippen molar-refractivity contribution in [1.82, 2.24) is 19.7 Å². The lowest BCUT2D eigenvalue weighted by atomic mass is 10.1. The van der Waals surface area contributed by atoms with Crippen LogP contribution in [0.1, 0.15) is 43.6 Å². The second-order valence-electron chi connectivity index (χ2n) is 5.57. The van der Waals surface area contributed by atoms with Gasteiger partial charge in [-0.05, 0) is 50.0 Å². The summed E-state index contributed by atoms with van der Waals surface area (Å²) in [5.74, 6) is 0.810. The monoisotopic (exact) mass is 288 g/mol. The second-order valence-corrected chi connectivity index (χ2v) is 5.57. The highest BCUT2D eigenvalue weighted by Gasteiger charge is 2.25. The van der Waals surface area contributed by atoms with Crippen molar-refractivity contribution in [3.63, 3.8) is 0 Å². The van der Waals surface area contributed by atoms with E-state index in [4.69, 9.17) is 0 Å². The van der Waals surface area contributed by atoms with E-state index in [1.54, 1.807) is 18.5 Å². The topological polar surface area (TPSA) is 34.0 Å². The number of nitrogens with zero attached hydrogens (tertiary/aromatic N) is 4. The van der Waals surface area contributed by atoms with Gasteiger partial charge in [0.05, 0.1) is 12.6 Å². The molecule has 1 aliphatic rings. The quantitative estimate of drug-likeness (QED) is 0.848. The molecule has 0 amide bonds. The largest absolute Gasteiger partial charge is 0.293 e. The summed E-state index contributed by atoms with van der Waals surface area (Å²) in [6.07, 6.45) is 5.19. The van der Waals surface area contributed by atoms with Crippen molar-refractivity contribution >= 4 is 0 Å². The molecule has 1 saturated heterocycles. The van der Waals surface area contributed by atoms with Crippen molar-refractivity contribution in [1.29, 1.82) is 0 Å². The van der Waals surface area contributed by atoms with E-state index in [2.05, 4.69) is 21.9 Å². The molecule has 2 aromatic rings. The summed E-state index contributed by atoms with van der Waals surface area (Å²) in [5.41, 5.74) is 1.04. The summed E-state index contributed by atoms with van der Waals surface area (Å²) in [6.45, 7) is 5.11. The smallest absolute Gasteiger partial charge is 0.144 e. The van der Waals surface area contributed by atoms with E-state index in [1.807, 2.05) is 4.68 Å². The zero-order valence-corrected chi connectivity index (χ0v) is 12.4. The third-order valence-corrected chi connectivity index (χ3v) is 4.16. The summed E-state index contributed by atoms with van der Waals surface area (Å²) in [4.78, 5) is 6.97. The zero-order valence-electron chi connectivity index (χ0n) is 12.4. The fourth-order valence-electron chi connectivity index (χ4n) is 3.07. The molecule has 112 valence electrons. The molecule has 1 fully saturated rings. The molecule has 0 N–H and O–H groups in total. The van der Waals surface area contributed by atoms with Gasteiger partial charge in [-0.2, -0.15) is 5.10 Å². The molecular formula is C16H21FN4. The van der Waals surface area contributed by atoms with Crippen molar-refractivity contribution in [3.05, 3.63) is 47.8 Å². The minimum atomic E-state index is -0.207. The first kappa shape index (κ1) is 14.2. The van der Waals surface area contributed by atoms with Crippen molar-refractivity contribution in [2.45, 2.75) is 38.8 Å². The number of halogens is 1. The highest BCUT2D eigenvalue weighted by atomic mass is 19.1. The summed E-state index contributed by atoms with van der Waals surface area (Å²) in [7, 11) is 0. The van der Waals surface area contributed by atoms with Crippen LogP contribution in [0.15, 0.2) is 30.6 Å². The third-order valence-electron chi connectivity index (χ3n) is 4.16. The molecule has 1 aromatic heterocycles.